The van der Waals surface area contributed by atoms with E-state index in [1.807, 2.05) is 35.0 Å². The van der Waals surface area contributed by atoms with Gasteiger partial charge in [0, 0.05) is 29.8 Å². The van der Waals surface area contributed by atoms with Gasteiger partial charge in [0.2, 0.25) is 11.8 Å². The highest BCUT2D eigenvalue weighted by Crippen LogP contribution is 2.32. The number of anilines is 1. The molecule has 20 heavy (non-hydrogen) atoms. The Hall–Kier alpha value is -1.64. The molecule has 0 saturated carbocycles. The second-order valence-electron chi connectivity index (χ2n) is 4.83. The summed E-state index contributed by atoms with van der Waals surface area (Å²) in [6.07, 6.45) is 0.658. The number of rotatable bonds is 2. The van der Waals surface area contributed by atoms with Crippen molar-refractivity contribution in [3.8, 4) is 0 Å². The SMILES string of the molecule is O=C1CCC(N2Cc3c(NI)cccc3C2=O)C(=O)N1. The van der Waals surface area contributed by atoms with Crippen molar-refractivity contribution in [3.05, 3.63) is 29.3 Å². The van der Waals surface area contributed by atoms with Crippen LogP contribution >= 0.6 is 22.9 Å². The van der Waals surface area contributed by atoms with Crippen LogP contribution in [0.4, 0.5) is 5.69 Å². The Balaban J connectivity index is 1.90. The Labute approximate surface area is 129 Å². The Kier molecular flexibility index (Phi) is 3.36. The van der Waals surface area contributed by atoms with Crippen LogP contribution in [0.3, 0.4) is 0 Å². The second-order valence-corrected chi connectivity index (χ2v) is 5.37. The van der Waals surface area contributed by atoms with Gasteiger partial charge in [0.1, 0.15) is 6.04 Å². The molecule has 2 aliphatic heterocycles. The zero-order valence-corrected chi connectivity index (χ0v) is 12.6. The van der Waals surface area contributed by atoms with Gasteiger partial charge < -0.3 is 8.43 Å². The van der Waals surface area contributed by atoms with Gasteiger partial charge in [0.25, 0.3) is 5.91 Å². The van der Waals surface area contributed by atoms with Crippen LogP contribution in [0.25, 0.3) is 0 Å². The van der Waals surface area contributed by atoms with Crippen LogP contribution in [-0.4, -0.2) is 28.7 Å². The van der Waals surface area contributed by atoms with Gasteiger partial charge in [-0.2, -0.15) is 0 Å². The number of carbonyl (C=O) groups is 3. The van der Waals surface area contributed by atoms with Crippen LogP contribution < -0.4 is 8.85 Å². The molecule has 1 aromatic carbocycles. The number of carbonyl (C=O) groups excluding carboxylic acids is 3. The van der Waals surface area contributed by atoms with Crippen LogP contribution in [0.15, 0.2) is 18.2 Å². The first-order chi connectivity index (χ1) is 9.61. The van der Waals surface area contributed by atoms with E-state index in [4.69, 9.17) is 0 Å². The fourth-order valence-electron chi connectivity index (χ4n) is 2.67. The van der Waals surface area contributed by atoms with Gasteiger partial charge in [0.05, 0.1) is 22.9 Å². The molecule has 2 N–H and O–H groups in total. The van der Waals surface area contributed by atoms with E-state index < -0.39 is 6.04 Å². The normalized spacial score (nSPS) is 21.8. The Bertz CT molecular complexity index is 617. The third-order valence-electron chi connectivity index (χ3n) is 3.68. The topological polar surface area (TPSA) is 78.5 Å². The van der Waals surface area contributed by atoms with Gasteiger partial charge in [-0.25, -0.2) is 0 Å². The highest BCUT2D eigenvalue weighted by atomic mass is 127. The summed E-state index contributed by atoms with van der Waals surface area (Å²) in [5.74, 6) is -0.806. The summed E-state index contributed by atoms with van der Waals surface area (Å²) in [6, 6.07) is 4.91. The van der Waals surface area contributed by atoms with Crippen molar-refractivity contribution in [3.63, 3.8) is 0 Å². The predicted molar refractivity (Wildman–Crippen MR) is 80.1 cm³/mol. The first-order valence-corrected chi connectivity index (χ1v) is 7.33. The maximum absolute atomic E-state index is 12.4. The summed E-state index contributed by atoms with van der Waals surface area (Å²) in [6.45, 7) is 0.395. The molecule has 1 unspecified atom stereocenters. The van der Waals surface area contributed by atoms with Crippen molar-refractivity contribution in [1.82, 2.24) is 10.2 Å². The van der Waals surface area contributed by atoms with Crippen LogP contribution in [-0.2, 0) is 16.1 Å². The molecule has 2 aliphatic rings. The molecule has 104 valence electrons. The molecule has 7 heteroatoms. The van der Waals surface area contributed by atoms with Crippen molar-refractivity contribution in [2.75, 3.05) is 3.53 Å². The Morgan fingerprint density at radius 2 is 2.10 bits per heavy atom. The molecule has 1 fully saturated rings. The van der Waals surface area contributed by atoms with Crippen molar-refractivity contribution >= 4 is 46.3 Å². The molecule has 0 bridgehead atoms. The number of amides is 3. The van der Waals surface area contributed by atoms with E-state index in [1.54, 1.807) is 11.0 Å². The number of piperidine rings is 1. The van der Waals surface area contributed by atoms with Crippen LogP contribution in [0.1, 0.15) is 28.8 Å². The molecule has 0 aromatic heterocycles. The monoisotopic (exact) mass is 385 g/mol. The number of fused-ring (bicyclic) bond motifs is 1. The lowest BCUT2D eigenvalue weighted by atomic mass is 10.0. The lowest BCUT2D eigenvalue weighted by Crippen LogP contribution is -2.52. The number of benzene rings is 1. The number of hydrogen-bond acceptors (Lipinski definition) is 4. The molecule has 1 atom stereocenters. The summed E-state index contributed by atoms with van der Waals surface area (Å²) in [5.41, 5.74) is 2.40. The maximum atomic E-state index is 12.4. The molecule has 1 aromatic rings. The van der Waals surface area contributed by atoms with Gasteiger partial charge in [-0.15, -0.1) is 0 Å². The predicted octanol–water partition coefficient (Wildman–Crippen LogP) is 1.21. The molecular formula is C13H12IN3O3. The number of nitrogens with one attached hydrogen (secondary N) is 2. The van der Waals surface area contributed by atoms with Gasteiger partial charge in [-0.05, 0) is 18.6 Å². The smallest absolute Gasteiger partial charge is 0.255 e. The molecular weight excluding hydrogens is 373 g/mol. The zero-order valence-electron chi connectivity index (χ0n) is 10.5. The summed E-state index contributed by atoms with van der Waals surface area (Å²) in [4.78, 5) is 37.1. The Morgan fingerprint density at radius 3 is 2.80 bits per heavy atom. The lowest BCUT2D eigenvalue weighted by Gasteiger charge is -2.29. The molecule has 1 saturated heterocycles. The van der Waals surface area contributed by atoms with Gasteiger partial charge in [-0.1, -0.05) is 6.07 Å². The fraction of sp³-hybridized carbons (Fsp3) is 0.308. The number of imide groups is 1. The van der Waals surface area contributed by atoms with Gasteiger partial charge in [-0.3, -0.25) is 19.7 Å². The van der Waals surface area contributed by atoms with Gasteiger partial charge >= 0.3 is 0 Å². The molecule has 0 spiro atoms. The summed E-state index contributed by atoms with van der Waals surface area (Å²) in [7, 11) is 0. The molecule has 6 nitrogen and oxygen atoms in total. The third kappa shape index (κ3) is 2.05. The molecule has 2 heterocycles. The quantitative estimate of drug-likeness (QED) is 0.456. The highest BCUT2D eigenvalue weighted by Gasteiger charge is 2.39. The standard InChI is InChI=1S/C13H12IN3O3/c14-16-9-3-1-2-7-8(9)6-17(13(7)20)10-4-5-11(18)15-12(10)19/h1-3,10,16H,4-6H2,(H,15,18,19). The summed E-state index contributed by atoms with van der Waals surface area (Å²) in [5, 5.41) is 2.29. The van der Waals surface area contributed by atoms with Crippen LogP contribution in [0, 0.1) is 0 Å². The summed E-state index contributed by atoms with van der Waals surface area (Å²) < 4.78 is 3.03. The largest absolute Gasteiger partial charge is 0.328 e. The van der Waals surface area contributed by atoms with E-state index in [0.717, 1.165) is 11.3 Å². The highest BCUT2D eigenvalue weighted by molar-refractivity contribution is 14.1. The zero-order chi connectivity index (χ0) is 14.3. The minimum absolute atomic E-state index is 0.150. The van der Waals surface area contributed by atoms with E-state index in [1.165, 1.54) is 0 Å². The molecule has 3 amide bonds. The maximum Gasteiger partial charge on any atom is 0.255 e. The van der Waals surface area contributed by atoms with E-state index in [2.05, 4.69) is 8.85 Å². The molecule has 0 radical (unpaired) electrons. The van der Waals surface area contributed by atoms with Crippen LogP contribution in [0.2, 0.25) is 0 Å². The van der Waals surface area contributed by atoms with Crippen molar-refractivity contribution in [2.45, 2.75) is 25.4 Å². The molecule has 0 aliphatic carbocycles. The minimum atomic E-state index is -0.560. The lowest BCUT2D eigenvalue weighted by molar-refractivity contribution is -0.136. The average molecular weight is 385 g/mol. The minimum Gasteiger partial charge on any atom is -0.328 e. The number of nitrogens with zero attached hydrogens (tertiary/aromatic N) is 1. The van der Waals surface area contributed by atoms with Gasteiger partial charge in [0.15, 0.2) is 0 Å². The number of halogens is 1. The van der Waals surface area contributed by atoms with E-state index in [-0.39, 0.29) is 24.1 Å². The number of hydrogen-bond donors (Lipinski definition) is 2. The fourth-order valence-corrected chi connectivity index (χ4v) is 3.18. The van der Waals surface area contributed by atoms with Crippen LogP contribution in [0.5, 0.6) is 0 Å². The Morgan fingerprint density at radius 1 is 1.30 bits per heavy atom. The van der Waals surface area contributed by atoms with Crippen molar-refractivity contribution in [1.29, 1.82) is 0 Å². The van der Waals surface area contributed by atoms with Crippen molar-refractivity contribution < 1.29 is 14.4 Å². The summed E-state index contributed by atoms with van der Waals surface area (Å²) >= 11 is 2.02. The second kappa shape index (κ2) is 5.04. The van der Waals surface area contributed by atoms with E-state index in [9.17, 15) is 14.4 Å². The first-order valence-electron chi connectivity index (χ1n) is 6.25. The first kappa shape index (κ1) is 13.3. The van der Waals surface area contributed by atoms with E-state index in [0.29, 0.717) is 18.5 Å². The molecule has 3 rings (SSSR count). The third-order valence-corrected chi connectivity index (χ3v) is 4.26. The van der Waals surface area contributed by atoms with E-state index >= 15 is 0 Å². The average Bonchev–Trinajstić information content (AvgIpc) is 2.76. The van der Waals surface area contributed by atoms with Crippen molar-refractivity contribution in [2.24, 2.45) is 0 Å².